The van der Waals surface area contributed by atoms with Crippen LogP contribution in [0.2, 0.25) is 0 Å². The van der Waals surface area contributed by atoms with Gasteiger partial charge in [0.2, 0.25) is 5.82 Å². The second-order valence-corrected chi connectivity index (χ2v) is 4.53. The highest BCUT2D eigenvalue weighted by molar-refractivity contribution is 7.22. The summed E-state index contributed by atoms with van der Waals surface area (Å²) in [5, 5.41) is 17.4. The highest BCUT2D eigenvalue weighted by Gasteiger charge is 2.10. The summed E-state index contributed by atoms with van der Waals surface area (Å²) in [4.78, 5) is 9.33. The number of aromatic amines is 1. The lowest BCUT2D eigenvalue weighted by atomic mass is 10.5. The van der Waals surface area contributed by atoms with Gasteiger partial charge in [-0.3, -0.25) is 0 Å². The SMILES string of the molecule is c1csc(-c2ncc(-c3nn[nH]n3)s2)n1. The number of H-pyrrole nitrogens is 1. The Morgan fingerprint density at radius 1 is 1.20 bits per heavy atom. The number of nitrogens with one attached hydrogen (secondary N) is 1. The Kier molecular flexibility index (Phi) is 2.00. The fourth-order valence-corrected chi connectivity index (χ4v) is 2.60. The quantitative estimate of drug-likeness (QED) is 0.728. The Balaban J connectivity index is 2.02. The van der Waals surface area contributed by atoms with E-state index in [0.717, 1.165) is 14.9 Å². The van der Waals surface area contributed by atoms with Crippen molar-refractivity contribution >= 4 is 22.7 Å². The van der Waals surface area contributed by atoms with Gasteiger partial charge in [0.05, 0.1) is 4.88 Å². The summed E-state index contributed by atoms with van der Waals surface area (Å²) in [7, 11) is 0. The lowest BCUT2D eigenvalue weighted by Crippen LogP contribution is -1.73. The van der Waals surface area contributed by atoms with Gasteiger partial charge in [0.15, 0.2) is 10.0 Å². The number of nitrogens with zero attached hydrogens (tertiary/aromatic N) is 5. The van der Waals surface area contributed by atoms with E-state index in [9.17, 15) is 0 Å². The maximum atomic E-state index is 4.26. The third kappa shape index (κ3) is 1.53. The van der Waals surface area contributed by atoms with Crippen molar-refractivity contribution in [3.05, 3.63) is 17.8 Å². The number of hydrogen-bond donors (Lipinski definition) is 1. The maximum Gasteiger partial charge on any atom is 0.216 e. The standard InChI is InChI=1S/C7H4N6S2/c1-2-14-6(8-1)7-9-3-4(15-7)5-10-12-13-11-5/h1-3H,(H,10,11,12,13). The number of hydrogen-bond acceptors (Lipinski definition) is 7. The first-order chi connectivity index (χ1) is 7.43. The van der Waals surface area contributed by atoms with Gasteiger partial charge in [-0.25, -0.2) is 9.97 Å². The molecule has 0 bridgehead atoms. The minimum Gasteiger partial charge on any atom is -0.242 e. The zero-order valence-corrected chi connectivity index (χ0v) is 8.92. The van der Waals surface area contributed by atoms with Crippen molar-refractivity contribution in [1.29, 1.82) is 0 Å². The van der Waals surface area contributed by atoms with Gasteiger partial charge in [0.25, 0.3) is 0 Å². The second kappa shape index (κ2) is 3.48. The van der Waals surface area contributed by atoms with Crippen LogP contribution in [-0.4, -0.2) is 30.6 Å². The molecule has 0 fully saturated rings. The van der Waals surface area contributed by atoms with Crippen LogP contribution in [0, 0.1) is 0 Å². The van der Waals surface area contributed by atoms with Gasteiger partial charge in [-0.2, -0.15) is 5.21 Å². The third-order valence-corrected chi connectivity index (χ3v) is 3.60. The molecule has 74 valence electrons. The Bertz CT molecular complexity index is 491. The van der Waals surface area contributed by atoms with E-state index in [0.29, 0.717) is 5.82 Å². The molecule has 6 nitrogen and oxygen atoms in total. The van der Waals surface area contributed by atoms with E-state index in [4.69, 9.17) is 0 Å². The van der Waals surface area contributed by atoms with Crippen LogP contribution in [-0.2, 0) is 0 Å². The second-order valence-electron chi connectivity index (χ2n) is 2.60. The van der Waals surface area contributed by atoms with Crippen molar-refractivity contribution in [3.8, 4) is 20.7 Å². The number of rotatable bonds is 2. The first-order valence-electron chi connectivity index (χ1n) is 4.03. The van der Waals surface area contributed by atoms with Crippen LogP contribution in [0.3, 0.4) is 0 Å². The van der Waals surface area contributed by atoms with E-state index in [-0.39, 0.29) is 0 Å². The molecule has 3 rings (SSSR count). The fourth-order valence-electron chi connectivity index (χ4n) is 1.07. The zero-order valence-electron chi connectivity index (χ0n) is 7.28. The van der Waals surface area contributed by atoms with Crippen molar-refractivity contribution in [2.24, 2.45) is 0 Å². The molecule has 3 aromatic rings. The molecule has 0 atom stereocenters. The highest BCUT2D eigenvalue weighted by atomic mass is 32.1. The molecule has 0 aliphatic heterocycles. The molecule has 0 radical (unpaired) electrons. The summed E-state index contributed by atoms with van der Waals surface area (Å²) in [5.74, 6) is 0.565. The zero-order chi connectivity index (χ0) is 10.1. The van der Waals surface area contributed by atoms with Crippen molar-refractivity contribution in [2.75, 3.05) is 0 Å². The molecule has 0 aliphatic rings. The average molecular weight is 236 g/mol. The molecule has 3 heterocycles. The van der Waals surface area contributed by atoms with Gasteiger partial charge < -0.3 is 0 Å². The van der Waals surface area contributed by atoms with Crippen molar-refractivity contribution in [1.82, 2.24) is 30.6 Å². The smallest absolute Gasteiger partial charge is 0.216 e. The fraction of sp³-hybridized carbons (Fsp3) is 0. The van der Waals surface area contributed by atoms with Crippen LogP contribution in [0.25, 0.3) is 20.7 Å². The summed E-state index contributed by atoms with van der Waals surface area (Å²) in [6.07, 6.45) is 3.49. The summed E-state index contributed by atoms with van der Waals surface area (Å²) < 4.78 is 0. The minimum absolute atomic E-state index is 0.565. The van der Waals surface area contributed by atoms with Crippen LogP contribution in [0.5, 0.6) is 0 Å². The topological polar surface area (TPSA) is 80.2 Å². The summed E-state index contributed by atoms with van der Waals surface area (Å²) in [5.41, 5.74) is 0. The average Bonchev–Trinajstić information content (AvgIpc) is 3.02. The van der Waals surface area contributed by atoms with Gasteiger partial charge in [0.1, 0.15) is 0 Å². The number of aromatic nitrogens is 6. The third-order valence-electron chi connectivity index (χ3n) is 1.69. The largest absolute Gasteiger partial charge is 0.242 e. The van der Waals surface area contributed by atoms with Crippen LogP contribution >= 0.6 is 22.7 Å². The molecule has 0 saturated heterocycles. The van der Waals surface area contributed by atoms with Crippen LogP contribution < -0.4 is 0 Å². The number of thiazole rings is 2. The molecule has 3 aromatic heterocycles. The molecule has 1 N–H and O–H groups in total. The summed E-state index contributed by atoms with van der Waals surface area (Å²) in [6, 6.07) is 0. The van der Waals surface area contributed by atoms with Crippen LogP contribution in [0.15, 0.2) is 17.8 Å². The number of tetrazole rings is 1. The molecular formula is C7H4N6S2. The van der Waals surface area contributed by atoms with Gasteiger partial charge in [-0.05, 0) is 5.21 Å². The van der Waals surface area contributed by atoms with Gasteiger partial charge >= 0.3 is 0 Å². The van der Waals surface area contributed by atoms with E-state index < -0.39 is 0 Å². The van der Waals surface area contributed by atoms with E-state index in [2.05, 4.69) is 30.6 Å². The highest BCUT2D eigenvalue weighted by Crippen LogP contribution is 2.30. The lowest BCUT2D eigenvalue weighted by Gasteiger charge is -1.84. The van der Waals surface area contributed by atoms with Gasteiger partial charge in [0, 0.05) is 17.8 Å². The molecule has 0 spiro atoms. The minimum atomic E-state index is 0.565. The predicted octanol–water partition coefficient (Wildman–Crippen LogP) is 1.45. The Hall–Kier alpha value is -1.67. The van der Waals surface area contributed by atoms with Gasteiger partial charge in [-0.15, -0.1) is 32.9 Å². The van der Waals surface area contributed by atoms with Crippen molar-refractivity contribution < 1.29 is 0 Å². The molecule has 15 heavy (non-hydrogen) atoms. The molecule has 0 unspecified atom stereocenters. The lowest BCUT2D eigenvalue weighted by molar-refractivity contribution is 0.881. The van der Waals surface area contributed by atoms with E-state index in [1.807, 2.05) is 5.38 Å². The predicted molar refractivity (Wildman–Crippen MR) is 56.4 cm³/mol. The summed E-state index contributed by atoms with van der Waals surface area (Å²) in [6.45, 7) is 0. The van der Waals surface area contributed by atoms with Gasteiger partial charge in [-0.1, -0.05) is 0 Å². The molecule has 0 aliphatic carbocycles. The van der Waals surface area contributed by atoms with Crippen LogP contribution in [0.4, 0.5) is 0 Å². The van der Waals surface area contributed by atoms with Crippen LogP contribution in [0.1, 0.15) is 0 Å². The maximum absolute atomic E-state index is 4.26. The normalized spacial score (nSPS) is 10.7. The summed E-state index contributed by atoms with van der Waals surface area (Å²) >= 11 is 3.06. The molecule has 0 saturated carbocycles. The van der Waals surface area contributed by atoms with E-state index in [1.54, 1.807) is 23.7 Å². The van der Waals surface area contributed by atoms with E-state index in [1.165, 1.54) is 11.3 Å². The Morgan fingerprint density at radius 3 is 2.93 bits per heavy atom. The first kappa shape index (κ1) is 8.62. The molecule has 8 heteroatoms. The molecule has 0 amide bonds. The first-order valence-corrected chi connectivity index (χ1v) is 5.72. The molecular weight excluding hydrogens is 232 g/mol. The van der Waals surface area contributed by atoms with Crippen molar-refractivity contribution in [2.45, 2.75) is 0 Å². The van der Waals surface area contributed by atoms with E-state index >= 15 is 0 Å². The Morgan fingerprint density at radius 2 is 2.20 bits per heavy atom. The Labute approximate surface area is 92.0 Å². The molecule has 0 aromatic carbocycles. The van der Waals surface area contributed by atoms with Crippen molar-refractivity contribution in [3.63, 3.8) is 0 Å². The monoisotopic (exact) mass is 236 g/mol.